The van der Waals surface area contributed by atoms with Crippen molar-refractivity contribution < 1.29 is 13.9 Å². The summed E-state index contributed by atoms with van der Waals surface area (Å²) in [5, 5.41) is 2.89. The number of rotatable bonds is 8. The van der Waals surface area contributed by atoms with Gasteiger partial charge in [0.25, 0.3) is 0 Å². The normalized spacial score (nSPS) is 10.3. The minimum atomic E-state index is -0.224. The fourth-order valence-corrected chi connectivity index (χ4v) is 3.00. The lowest BCUT2D eigenvalue weighted by atomic mass is 10.2. The molecule has 23 heavy (non-hydrogen) atoms. The quantitative estimate of drug-likeness (QED) is 0.747. The Morgan fingerprint density at radius 3 is 2.83 bits per heavy atom. The van der Waals surface area contributed by atoms with Crippen molar-refractivity contribution >= 4 is 17.7 Å². The number of methoxy groups -OCH3 is 1. The molecule has 122 valence electrons. The lowest BCUT2D eigenvalue weighted by Crippen LogP contribution is -2.23. The molecule has 0 unspecified atom stereocenters. The minimum absolute atomic E-state index is 0.00245. The zero-order chi connectivity index (χ0) is 16.5. The van der Waals surface area contributed by atoms with Gasteiger partial charge in [-0.3, -0.25) is 4.79 Å². The third kappa shape index (κ3) is 5.94. The number of carbonyl (C=O) groups excluding carboxylic acids is 1. The fraction of sp³-hybridized carbons (Fsp3) is 0.278. The summed E-state index contributed by atoms with van der Waals surface area (Å²) in [6.07, 6.45) is 0.440. The van der Waals surface area contributed by atoms with Crippen LogP contribution < -0.4 is 10.1 Å². The number of carbonyl (C=O) groups is 1. The van der Waals surface area contributed by atoms with Crippen molar-refractivity contribution in [3.63, 3.8) is 0 Å². The van der Waals surface area contributed by atoms with Gasteiger partial charge in [0, 0.05) is 30.0 Å². The predicted molar refractivity (Wildman–Crippen MR) is 92.0 cm³/mol. The molecule has 0 radical (unpaired) electrons. The third-order valence-corrected chi connectivity index (χ3v) is 4.33. The monoisotopic (exact) mass is 333 g/mol. The second kappa shape index (κ2) is 9.20. The fourth-order valence-electron chi connectivity index (χ4n) is 2.11. The highest BCUT2D eigenvalue weighted by molar-refractivity contribution is 7.98. The van der Waals surface area contributed by atoms with Gasteiger partial charge in [0.2, 0.25) is 5.91 Å². The van der Waals surface area contributed by atoms with Crippen LogP contribution in [0.2, 0.25) is 0 Å². The number of hydrogen-bond donors (Lipinski definition) is 1. The number of nitrogens with one attached hydrogen (secondary N) is 1. The Morgan fingerprint density at radius 2 is 2.04 bits per heavy atom. The number of benzene rings is 2. The first-order chi connectivity index (χ1) is 11.2. The van der Waals surface area contributed by atoms with E-state index in [4.69, 9.17) is 4.74 Å². The Bertz CT molecular complexity index is 648. The average Bonchev–Trinajstić information content (AvgIpc) is 2.57. The first-order valence-electron chi connectivity index (χ1n) is 7.40. The van der Waals surface area contributed by atoms with Crippen LogP contribution in [0.3, 0.4) is 0 Å². The van der Waals surface area contributed by atoms with E-state index in [2.05, 4.69) is 5.32 Å². The predicted octanol–water partition coefficient (Wildman–Crippen LogP) is 3.77. The second-order valence-electron chi connectivity index (χ2n) is 5.02. The maximum absolute atomic E-state index is 13.0. The summed E-state index contributed by atoms with van der Waals surface area (Å²) < 4.78 is 18.3. The van der Waals surface area contributed by atoms with E-state index in [1.54, 1.807) is 24.9 Å². The summed E-state index contributed by atoms with van der Waals surface area (Å²) in [4.78, 5) is 11.9. The molecule has 2 rings (SSSR count). The molecule has 0 bridgehead atoms. The molecule has 0 aliphatic heterocycles. The van der Waals surface area contributed by atoms with Crippen LogP contribution in [-0.2, 0) is 17.1 Å². The lowest BCUT2D eigenvalue weighted by Gasteiger charge is -2.09. The Labute approximate surface area is 140 Å². The van der Waals surface area contributed by atoms with Gasteiger partial charge >= 0.3 is 0 Å². The van der Waals surface area contributed by atoms with Crippen LogP contribution in [0.4, 0.5) is 4.39 Å². The van der Waals surface area contributed by atoms with Crippen molar-refractivity contribution in [1.29, 1.82) is 0 Å². The Morgan fingerprint density at radius 1 is 1.22 bits per heavy atom. The molecule has 2 aromatic rings. The van der Waals surface area contributed by atoms with Crippen LogP contribution in [0.25, 0.3) is 0 Å². The maximum atomic E-state index is 13.0. The van der Waals surface area contributed by atoms with Gasteiger partial charge < -0.3 is 10.1 Å². The van der Waals surface area contributed by atoms with Gasteiger partial charge in [0.05, 0.1) is 7.11 Å². The molecule has 1 N–H and O–H groups in total. The number of ether oxygens (including phenoxy) is 1. The van der Waals surface area contributed by atoms with Crippen molar-refractivity contribution in [3.05, 3.63) is 65.5 Å². The van der Waals surface area contributed by atoms with Gasteiger partial charge in [-0.15, -0.1) is 0 Å². The average molecular weight is 333 g/mol. The molecule has 5 heteroatoms. The standard InChI is InChI=1S/C18H20FNO2S/c1-22-17-8-3-2-6-15(17)12-20-18(21)9-10-23-13-14-5-4-7-16(19)11-14/h2-8,11H,9-10,12-13H2,1H3,(H,20,21). The molecule has 0 fully saturated rings. The summed E-state index contributed by atoms with van der Waals surface area (Å²) in [5.74, 6) is 1.96. The first-order valence-corrected chi connectivity index (χ1v) is 8.55. The SMILES string of the molecule is COc1ccccc1CNC(=O)CCSCc1cccc(F)c1. The molecule has 0 saturated heterocycles. The van der Waals surface area contributed by atoms with E-state index < -0.39 is 0 Å². The summed E-state index contributed by atoms with van der Waals surface area (Å²) in [6.45, 7) is 0.456. The summed E-state index contributed by atoms with van der Waals surface area (Å²) in [5.41, 5.74) is 1.89. The molecule has 1 amide bonds. The van der Waals surface area contributed by atoms with Gasteiger partial charge in [-0.25, -0.2) is 4.39 Å². The molecule has 3 nitrogen and oxygen atoms in total. The summed E-state index contributed by atoms with van der Waals surface area (Å²) in [7, 11) is 1.61. The van der Waals surface area contributed by atoms with Gasteiger partial charge in [-0.2, -0.15) is 11.8 Å². The van der Waals surface area contributed by atoms with Crippen LogP contribution in [-0.4, -0.2) is 18.8 Å². The number of halogens is 1. The Hall–Kier alpha value is -2.01. The van der Waals surface area contributed by atoms with Crippen LogP contribution in [0.1, 0.15) is 17.5 Å². The number of hydrogen-bond acceptors (Lipinski definition) is 3. The third-order valence-electron chi connectivity index (χ3n) is 3.30. The van der Waals surface area contributed by atoms with E-state index in [0.29, 0.717) is 24.5 Å². The van der Waals surface area contributed by atoms with E-state index in [0.717, 1.165) is 16.9 Å². The van der Waals surface area contributed by atoms with Gasteiger partial charge in [0.1, 0.15) is 11.6 Å². The maximum Gasteiger partial charge on any atom is 0.221 e. The number of para-hydroxylation sites is 1. The van der Waals surface area contributed by atoms with Crippen molar-refractivity contribution in [2.24, 2.45) is 0 Å². The minimum Gasteiger partial charge on any atom is -0.496 e. The Balaban J connectivity index is 1.67. The lowest BCUT2D eigenvalue weighted by molar-refractivity contribution is -0.120. The largest absolute Gasteiger partial charge is 0.496 e. The number of thioether (sulfide) groups is 1. The second-order valence-corrected chi connectivity index (χ2v) is 6.13. The summed E-state index contributed by atoms with van der Waals surface area (Å²) in [6, 6.07) is 14.2. The van der Waals surface area contributed by atoms with Crippen LogP contribution >= 0.6 is 11.8 Å². The topological polar surface area (TPSA) is 38.3 Å². The molecule has 0 heterocycles. The molecule has 0 aliphatic rings. The zero-order valence-electron chi connectivity index (χ0n) is 13.0. The van der Waals surface area contributed by atoms with Gasteiger partial charge in [0.15, 0.2) is 0 Å². The summed E-state index contributed by atoms with van der Waals surface area (Å²) >= 11 is 1.62. The smallest absolute Gasteiger partial charge is 0.221 e. The van der Waals surface area contributed by atoms with E-state index in [1.165, 1.54) is 12.1 Å². The molecule has 0 atom stereocenters. The molecule has 0 aromatic heterocycles. The number of amides is 1. The van der Waals surface area contributed by atoms with E-state index >= 15 is 0 Å². The van der Waals surface area contributed by atoms with E-state index in [9.17, 15) is 9.18 Å². The van der Waals surface area contributed by atoms with Crippen LogP contribution in [0.5, 0.6) is 5.75 Å². The van der Waals surface area contributed by atoms with Crippen molar-refractivity contribution in [2.45, 2.75) is 18.7 Å². The van der Waals surface area contributed by atoms with Crippen molar-refractivity contribution in [3.8, 4) is 5.75 Å². The Kier molecular flexibility index (Phi) is 6.94. The van der Waals surface area contributed by atoms with E-state index in [-0.39, 0.29) is 11.7 Å². The molecule has 0 saturated carbocycles. The zero-order valence-corrected chi connectivity index (χ0v) is 13.9. The highest BCUT2D eigenvalue weighted by Crippen LogP contribution is 2.17. The molecular formula is C18H20FNO2S. The van der Waals surface area contributed by atoms with Gasteiger partial charge in [-0.1, -0.05) is 30.3 Å². The first kappa shape index (κ1) is 17.3. The van der Waals surface area contributed by atoms with Crippen molar-refractivity contribution in [2.75, 3.05) is 12.9 Å². The molecule has 2 aromatic carbocycles. The van der Waals surface area contributed by atoms with Crippen LogP contribution in [0.15, 0.2) is 48.5 Å². The van der Waals surface area contributed by atoms with Gasteiger partial charge in [-0.05, 0) is 23.8 Å². The highest BCUT2D eigenvalue weighted by atomic mass is 32.2. The van der Waals surface area contributed by atoms with E-state index in [1.807, 2.05) is 30.3 Å². The van der Waals surface area contributed by atoms with Crippen LogP contribution in [0, 0.1) is 5.82 Å². The highest BCUT2D eigenvalue weighted by Gasteiger charge is 2.05. The molecule has 0 spiro atoms. The van der Waals surface area contributed by atoms with Crippen molar-refractivity contribution in [1.82, 2.24) is 5.32 Å². The molecule has 0 aliphatic carbocycles. The molecular weight excluding hydrogens is 313 g/mol.